The first-order valence-corrected chi connectivity index (χ1v) is 3.20. The van der Waals surface area contributed by atoms with Gasteiger partial charge in [0.25, 0.3) is 0 Å². The molecule has 0 atom stereocenters. The molecule has 0 bridgehead atoms. The summed E-state index contributed by atoms with van der Waals surface area (Å²) in [4.78, 5) is 10.4. The van der Waals surface area contributed by atoms with E-state index in [4.69, 9.17) is 26.9 Å². The van der Waals surface area contributed by atoms with E-state index in [0.29, 0.717) is 0 Å². The lowest BCUT2D eigenvalue weighted by atomic mass is 10.4. The standard InChI is InChI=1S/C6H10ClN5/c1-3(2)9-6-11-4(7)10-5(8)12-6/h3H,1-2H3,(H3,8,9,10,11,12)/i1D3,2D3,3D. The van der Waals surface area contributed by atoms with Gasteiger partial charge in [0.1, 0.15) is 0 Å². The maximum Gasteiger partial charge on any atom is 0.228 e. The molecule has 0 saturated carbocycles. The molecule has 0 amide bonds. The van der Waals surface area contributed by atoms with E-state index in [1.54, 1.807) is 0 Å². The van der Waals surface area contributed by atoms with Crippen molar-refractivity contribution < 1.29 is 9.60 Å². The third-order valence-electron chi connectivity index (χ3n) is 0.862. The summed E-state index contributed by atoms with van der Waals surface area (Å²) in [5.74, 6) is -0.833. The zero-order chi connectivity index (χ0) is 15.1. The molecule has 3 N–H and O–H groups in total. The van der Waals surface area contributed by atoms with Gasteiger partial charge in [0.2, 0.25) is 17.2 Å². The van der Waals surface area contributed by atoms with Crippen LogP contribution in [-0.4, -0.2) is 21.0 Å². The monoisotopic (exact) mass is 194 g/mol. The second-order valence-corrected chi connectivity index (χ2v) is 2.12. The van der Waals surface area contributed by atoms with Gasteiger partial charge in [-0.05, 0) is 25.3 Å². The highest BCUT2D eigenvalue weighted by atomic mass is 35.5. The molecule has 12 heavy (non-hydrogen) atoms. The van der Waals surface area contributed by atoms with Crippen LogP contribution in [0.3, 0.4) is 0 Å². The van der Waals surface area contributed by atoms with Crippen molar-refractivity contribution in [3.63, 3.8) is 0 Å². The topological polar surface area (TPSA) is 76.7 Å². The average Bonchev–Trinajstić information content (AvgIpc) is 2.11. The number of anilines is 2. The molecule has 1 aromatic heterocycles. The Morgan fingerprint density at radius 1 is 1.58 bits per heavy atom. The van der Waals surface area contributed by atoms with Gasteiger partial charge in [-0.25, -0.2) is 0 Å². The maximum absolute atomic E-state index is 7.68. The number of halogens is 1. The van der Waals surface area contributed by atoms with Crippen LogP contribution in [0.25, 0.3) is 0 Å². The molecule has 0 spiro atoms. The van der Waals surface area contributed by atoms with Gasteiger partial charge in [-0.1, -0.05) is 0 Å². The SMILES string of the molecule is [2H]C([2H])([2H])C([2H])(Nc1nc(N)nc(Cl)n1)C([2H])([2H])[2H]. The van der Waals surface area contributed by atoms with Crippen LogP contribution in [0.5, 0.6) is 0 Å². The van der Waals surface area contributed by atoms with Gasteiger partial charge < -0.3 is 11.1 Å². The number of aromatic nitrogens is 3. The number of nitrogens with zero attached hydrogens (tertiary/aromatic N) is 3. The van der Waals surface area contributed by atoms with E-state index >= 15 is 0 Å². The Hall–Kier alpha value is -1.10. The van der Waals surface area contributed by atoms with Crippen LogP contribution < -0.4 is 11.1 Å². The highest BCUT2D eigenvalue weighted by Crippen LogP contribution is 2.07. The largest absolute Gasteiger partial charge is 0.368 e. The Bertz CT molecular complexity index is 438. The minimum absolute atomic E-state index is 0.332. The molecule has 66 valence electrons. The van der Waals surface area contributed by atoms with Crippen molar-refractivity contribution in [3.05, 3.63) is 5.28 Å². The first-order chi connectivity index (χ1) is 8.37. The Labute approximate surface area is 85.2 Å². The number of nitrogens with two attached hydrogens (primary N) is 1. The fourth-order valence-electron chi connectivity index (χ4n) is 0.533. The Morgan fingerprint density at radius 2 is 2.33 bits per heavy atom. The second-order valence-electron chi connectivity index (χ2n) is 1.79. The summed E-state index contributed by atoms with van der Waals surface area (Å²) in [6.45, 7) is -6.32. The summed E-state index contributed by atoms with van der Waals surface area (Å²) in [5.41, 5.74) is 5.27. The fraction of sp³-hybridized carbons (Fsp3) is 0.500. The summed E-state index contributed by atoms with van der Waals surface area (Å²) < 4.78 is 50.8. The molecule has 1 rings (SSSR count). The smallest absolute Gasteiger partial charge is 0.228 e. The van der Waals surface area contributed by atoms with Gasteiger partial charge in [-0.15, -0.1) is 0 Å². The molecule has 0 radical (unpaired) electrons. The number of hydrogen-bond acceptors (Lipinski definition) is 5. The molecule has 0 saturated heterocycles. The van der Waals surface area contributed by atoms with E-state index in [2.05, 4.69) is 15.0 Å². The Kier molecular flexibility index (Phi) is 0.981. The highest BCUT2D eigenvalue weighted by Gasteiger charge is 2.02. The van der Waals surface area contributed by atoms with Gasteiger partial charge in [0, 0.05) is 14.2 Å². The van der Waals surface area contributed by atoms with E-state index in [0.717, 1.165) is 0 Å². The summed E-state index contributed by atoms with van der Waals surface area (Å²) >= 11 is 5.48. The van der Waals surface area contributed by atoms with Crippen molar-refractivity contribution in [2.24, 2.45) is 0 Å². The molecule has 1 heterocycles. The Morgan fingerprint density at radius 3 is 2.92 bits per heavy atom. The lowest BCUT2D eigenvalue weighted by Gasteiger charge is -2.07. The minimum Gasteiger partial charge on any atom is -0.368 e. The Balaban J connectivity index is 3.23. The van der Waals surface area contributed by atoms with E-state index < -0.39 is 25.7 Å². The number of rotatable bonds is 2. The number of hydrogen-bond donors (Lipinski definition) is 2. The van der Waals surface area contributed by atoms with Gasteiger partial charge in [0.05, 0.1) is 1.37 Å². The van der Waals surface area contributed by atoms with Crippen molar-refractivity contribution in [1.29, 1.82) is 0 Å². The molecule has 0 fully saturated rings. The second kappa shape index (κ2) is 3.53. The zero-order valence-corrected chi connectivity index (χ0v) is 6.55. The number of nitrogens with one attached hydrogen (secondary N) is 1. The molecule has 5 nitrogen and oxygen atoms in total. The normalized spacial score (nSPS) is 21.9. The molecule has 0 aliphatic rings. The summed E-state index contributed by atoms with van der Waals surface area (Å²) in [7, 11) is 0. The molecule has 0 unspecified atom stereocenters. The maximum atomic E-state index is 7.68. The molecule has 0 aliphatic heterocycles. The van der Waals surface area contributed by atoms with Crippen molar-refractivity contribution in [2.45, 2.75) is 19.7 Å². The van der Waals surface area contributed by atoms with E-state index in [1.807, 2.05) is 5.32 Å². The third-order valence-corrected chi connectivity index (χ3v) is 1.03. The van der Waals surface area contributed by atoms with Crippen molar-refractivity contribution in [3.8, 4) is 0 Å². The predicted octanol–water partition coefficient (Wildman–Crippen LogP) is 0.927. The molecule has 0 aromatic carbocycles. The average molecular weight is 195 g/mol. The molecule has 6 heteroatoms. The molecular formula is C6H10ClN5. The molecular weight excluding hydrogens is 178 g/mol. The number of nitrogen functional groups attached to an aromatic ring is 1. The third kappa shape index (κ3) is 2.50. The van der Waals surface area contributed by atoms with Crippen LogP contribution in [0.1, 0.15) is 23.3 Å². The van der Waals surface area contributed by atoms with Crippen molar-refractivity contribution >= 4 is 23.5 Å². The van der Waals surface area contributed by atoms with Gasteiger partial charge in [-0.2, -0.15) is 15.0 Å². The van der Waals surface area contributed by atoms with Crippen molar-refractivity contribution in [2.75, 3.05) is 11.1 Å². The lowest BCUT2D eigenvalue weighted by Crippen LogP contribution is -2.13. The van der Waals surface area contributed by atoms with Gasteiger partial charge >= 0.3 is 0 Å². The van der Waals surface area contributed by atoms with Crippen LogP contribution in [-0.2, 0) is 0 Å². The summed E-state index contributed by atoms with van der Waals surface area (Å²) in [6, 6.07) is -3.00. The van der Waals surface area contributed by atoms with Gasteiger partial charge in [0.15, 0.2) is 0 Å². The van der Waals surface area contributed by atoms with E-state index in [9.17, 15) is 0 Å². The van der Waals surface area contributed by atoms with Crippen LogP contribution in [0, 0.1) is 0 Å². The van der Waals surface area contributed by atoms with E-state index in [-0.39, 0.29) is 11.2 Å². The van der Waals surface area contributed by atoms with Crippen LogP contribution >= 0.6 is 11.6 Å². The predicted molar refractivity (Wildman–Crippen MR) is 48.0 cm³/mol. The van der Waals surface area contributed by atoms with E-state index in [1.165, 1.54) is 0 Å². The van der Waals surface area contributed by atoms with Crippen LogP contribution in [0.4, 0.5) is 11.9 Å². The summed E-state index contributed by atoms with van der Waals surface area (Å²) in [6.07, 6.45) is 0. The quantitative estimate of drug-likeness (QED) is 0.733. The van der Waals surface area contributed by atoms with Crippen LogP contribution in [0.15, 0.2) is 0 Å². The zero-order valence-electron chi connectivity index (χ0n) is 12.8. The van der Waals surface area contributed by atoms with Gasteiger partial charge in [-0.3, -0.25) is 0 Å². The minimum atomic E-state index is -3.16. The highest BCUT2D eigenvalue weighted by molar-refractivity contribution is 6.28. The first-order valence-electron chi connectivity index (χ1n) is 6.32. The molecule has 1 aromatic rings. The summed E-state index contributed by atoms with van der Waals surface area (Å²) in [5, 5.41) is 1.58. The fourth-order valence-corrected chi connectivity index (χ4v) is 0.700. The molecule has 0 aliphatic carbocycles. The first kappa shape index (κ1) is 3.33. The van der Waals surface area contributed by atoms with Crippen molar-refractivity contribution in [1.82, 2.24) is 15.0 Å². The lowest BCUT2D eigenvalue weighted by molar-refractivity contribution is 0.869. The van der Waals surface area contributed by atoms with Crippen LogP contribution in [0.2, 0.25) is 5.28 Å².